The first-order chi connectivity index (χ1) is 8.77. The molecule has 0 saturated carbocycles. The van der Waals surface area contributed by atoms with Gasteiger partial charge in [-0.25, -0.2) is 0 Å². The fourth-order valence-corrected chi connectivity index (χ4v) is 3.72. The normalized spacial score (nSPS) is 16.9. The summed E-state index contributed by atoms with van der Waals surface area (Å²) in [5.74, 6) is 0. The van der Waals surface area contributed by atoms with E-state index in [2.05, 4.69) is 0 Å². The van der Waals surface area contributed by atoms with E-state index in [9.17, 15) is 18.1 Å². The van der Waals surface area contributed by atoms with E-state index in [1.54, 1.807) is 14.1 Å². The van der Waals surface area contributed by atoms with Crippen LogP contribution in [0.5, 0.6) is 0 Å². The zero-order valence-electron chi connectivity index (χ0n) is 12.1. The van der Waals surface area contributed by atoms with Crippen LogP contribution in [0.3, 0.4) is 0 Å². The zero-order chi connectivity index (χ0) is 16.2. The van der Waals surface area contributed by atoms with Crippen molar-refractivity contribution in [2.24, 2.45) is 0 Å². The Hall–Kier alpha value is -0.0200. The van der Waals surface area contributed by atoms with Crippen LogP contribution in [0, 0.1) is 0 Å². The molecule has 0 aliphatic carbocycles. The summed E-state index contributed by atoms with van der Waals surface area (Å²) in [7, 11) is -7.18. The van der Waals surface area contributed by atoms with Crippen LogP contribution in [0.1, 0.15) is 32.6 Å². The highest BCUT2D eigenvalue weighted by Gasteiger charge is 2.57. The summed E-state index contributed by atoms with van der Waals surface area (Å²) in [4.78, 5) is 18.0. The monoisotopic (exact) mass is 334 g/mol. The summed E-state index contributed by atoms with van der Waals surface area (Å²) < 4.78 is 39.1. The third-order valence-corrected chi connectivity index (χ3v) is 6.85. The van der Waals surface area contributed by atoms with E-state index in [0.29, 0.717) is 6.54 Å². The number of rotatable bonds is 9. The van der Waals surface area contributed by atoms with Crippen molar-refractivity contribution in [1.29, 1.82) is 0 Å². The molecule has 0 radical (unpaired) electrons. The fraction of sp³-hybridized carbons (Fsp3) is 1.00. The predicted molar refractivity (Wildman–Crippen MR) is 74.5 cm³/mol. The maximum atomic E-state index is 11.2. The number of aliphatic hydroxyl groups is 1. The molecule has 0 amide bonds. The van der Waals surface area contributed by atoms with Crippen molar-refractivity contribution in [2.75, 3.05) is 27.2 Å². The van der Waals surface area contributed by atoms with Gasteiger partial charge in [0.25, 0.3) is 4.67 Å². The first-order valence-electron chi connectivity index (χ1n) is 6.34. The van der Waals surface area contributed by atoms with E-state index in [1.165, 1.54) is 0 Å². The molecule has 0 aliphatic heterocycles. The topological polar surface area (TPSA) is 132 Å². The van der Waals surface area contributed by atoms with Crippen molar-refractivity contribution in [3.8, 4) is 0 Å². The van der Waals surface area contributed by atoms with Crippen LogP contribution in [0.2, 0.25) is 0 Å². The molecule has 0 heterocycles. The SMILES string of the molecule is CCCCC[N+](C)(C)CCC(O)(P(=O)(O)O)S(=O)(=O)O. The molecule has 4 N–H and O–H groups in total. The Labute approximate surface area is 119 Å². The third-order valence-electron chi connectivity index (χ3n) is 3.28. The molecule has 10 heteroatoms. The second-order valence-corrected chi connectivity index (χ2v) is 9.36. The van der Waals surface area contributed by atoms with Crippen molar-refractivity contribution < 1.29 is 36.9 Å². The van der Waals surface area contributed by atoms with E-state index >= 15 is 0 Å². The Bertz CT molecular complexity index is 458. The Kier molecular flexibility index (Phi) is 6.82. The van der Waals surface area contributed by atoms with E-state index < -0.39 is 28.8 Å². The third kappa shape index (κ3) is 5.40. The van der Waals surface area contributed by atoms with Gasteiger partial charge in [-0.15, -0.1) is 0 Å². The van der Waals surface area contributed by atoms with Crippen LogP contribution in [-0.2, 0) is 14.7 Å². The van der Waals surface area contributed by atoms with Gasteiger partial charge in [-0.2, -0.15) is 8.42 Å². The summed E-state index contributed by atoms with van der Waals surface area (Å²) in [6, 6.07) is 0. The predicted octanol–water partition coefficient (Wildman–Crippen LogP) is 0.355. The molecule has 0 saturated heterocycles. The Morgan fingerprint density at radius 3 is 2.00 bits per heavy atom. The quantitative estimate of drug-likeness (QED) is 0.207. The van der Waals surface area contributed by atoms with Crippen LogP contribution < -0.4 is 0 Å². The lowest BCUT2D eigenvalue weighted by Gasteiger charge is -2.33. The first-order valence-corrected chi connectivity index (χ1v) is 9.39. The minimum Gasteiger partial charge on any atom is -0.363 e. The van der Waals surface area contributed by atoms with Gasteiger partial charge < -0.3 is 19.4 Å². The first kappa shape index (κ1) is 20.0. The Balaban J connectivity index is 4.94. The minimum absolute atomic E-state index is 0.00507. The highest BCUT2D eigenvalue weighted by molar-refractivity contribution is 7.94. The summed E-state index contributed by atoms with van der Waals surface area (Å²) >= 11 is 0. The van der Waals surface area contributed by atoms with Gasteiger partial charge in [0.2, 0.25) is 0 Å². The van der Waals surface area contributed by atoms with Gasteiger partial charge in [0.05, 0.1) is 33.6 Å². The second kappa shape index (κ2) is 6.83. The van der Waals surface area contributed by atoms with E-state index in [1.807, 2.05) is 6.92 Å². The molecular formula is C10H25NO7PS+. The highest BCUT2D eigenvalue weighted by Crippen LogP contribution is 2.53. The second-order valence-electron chi connectivity index (χ2n) is 5.60. The number of hydrogen-bond acceptors (Lipinski definition) is 4. The number of quaternary nitrogens is 1. The summed E-state index contributed by atoms with van der Waals surface area (Å²) in [6.07, 6.45) is 2.14. The lowest BCUT2D eigenvalue weighted by atomic mass is 10.2. The molecular weight excluding hydrogens is 309 g/mol. The summed E-state index contributed by atoms with van der Waals surface area (Å²) in [6.45, 7) is 2.71. The van der Waals surface area contributed by atoms with Gasteiger partial charge in [-0.1, -0.05) is 13.3 Å². The van der Waals surface area contributed by atoms with Gasteiger partial charge >= 0.3 is 17.7 Å². The Morgan fingerprint density at radius 1 is 1.15 bits per heavy atom. The molecule has 0 aromatic heterocycles. The average molecular weight is 334 g/mol. The van der Waals surface area contributed by atoms with Crippen LogP contribution in [0.15, 0.2) is 0 Å². The molecule has 20 heavy (non-hydrogen) atoms. The van der Waals surface area contributed by atoms with Crippen molar-refractivity contribution in [2.45, 2.75) is 37.3 Å². The van der Waals surface area contributed by atoms with Gasteiger partial charge in [-0.05, 0) is 12.8 Å². The van der Waals surface area contributed by atoms with Gasteiger partial charge in [0.15, 0.2) is 0 Å². The van der Waals surface area contributed by atoms with E-state index in [0.717, 1.165) is 19.3 Å². The van der Waals surface area contributed by atoms with Gasteiger partial charge in [0, 0.05) is 0 Å². The van der Waals surface area contributed by atoms with Crippen LogP contribution >= 0.6 is 7.60 Å². The van der Waals surface area contributed by atoms with Crippen LogP contribution in [-0.4, -0.2) is 64.2 Å². The molecule has 8 nitrogen and oxygen atoms in total. The molecule has 1 atom stereocenters. The lowest BCUT2D eigenvalue weighted by Crippen LogP contribution is -2.47. The fourth-order valence-electron chi connectivity index (χ4n) is 1.77. The average Bonchev–Trinajstić information content (AvgIpc) is 2.23. The van der Waals surface area contributed by atoms with Crippen LogP contribution in [0.4, 0.5) is 0 Å². The molecule has 0 rings (SSSR count). The summed E-state index contributed by atoms with van der Waals surface area (Å²) in [5.41, 5.74) is 0. The van der Waals surface area contributed by atoms with E-state index in [4.69, 9.17) is 14.3 Å². The highest BCUT2D eigenvalue weighted by atomic mass is 32.2. The molecule has 0 aliphatic rings. The number of nitrogens with zero attached hydrogens (tertiary/aromatic N) is 1. The molecule has 0 aromatic carbocycles. The molecule has 122 valence electrons. The molecule has 0 aromatic rings. The molecule has 0 spiro atoms. The maximum absolute atomic E-state index is 11.2. The summed E-state index contributed by atoms with van der Waals surface area (Å²) in [5, 5.41) is 9.71. The standard InChI is InChI=1S/C10H24NO7PS/c1-4-5-6-8-11(2,3)9-7-10(12,19(13,14)15)20(16,17)18/h12H,4-9H2,1-3H3,(H2-,13,14,15,16,17,18)/p+1. The van der Waals surface area contributed by atoms with Gasteiger partial charge in [-0.3, -0.25) is 9.12 Å². The van der Waals surface area contributed by atoms with Crippen LogP contribution in [0.25, 0.3) is 0 Å². The number of hydrogen-bond donors (Lipinski definition) is 4. The van der Waals surface area contributed by atoms with Crippen molar-refractivity contribution in [3.63, 3.8) is 0 Å². The lowest BCUT2D eigenvalue weighted by molar-refractivity contribution is -0.891. The van der Waals surface area contributed by atoms with Crippen molar-refractivity contribution in [3.05, 3.63) is 0 Å². The smallest absolute Gasteiger partial charge is 0.363 e. The zero-order valence-corrected chi connectivity index (χ0v) is 13.8. The number of unbranched alkanes of at least 4 members (excludes halogenated alkanes) is 2. The largest absolute Gasteiger partial charge is 0.375 e. The molecule has 0 fully saturated rings. The molecule has 0 bridgehead atoms. The Morgan fingerprint density at radius 2 is 1.65 bits per heavy atom. The van der Waals surface area contributed by atoms with Crippen molar-refractivity contribution >= 4 is 17.7 Å². The minimum atomic E-state index is -5.42. The molecule has 1 unspecified atom stereocenters. The van der Waals surface area contributed by atoms with E-state index in [-0.39, 0.29) is 11.0 Å². The maximum Gasteiger partial charge on any atom is 0.375 e. The van der Waals surface area contributed by atoms with Gasteiger partial charge in [0.1, 0.15) is 0 Å². The van der Waals surface area contributed by atoms with Crippen molar-refractivity contribution in [1.82, 2.24) is 0 Å².